The summed E-state index contributed by atoms with van der Waals surface area (Å²) in [6.45, 7) is 4.04. The molecular weight excluding hydrogens is 440 g/mol. The molecule has 1 aliphatic rings. The fourth-order valence-corrected chi connectivity index (χ4v) is 4.57. The summed E-state index contributed by atoms with van der Waals surface area (Å²) in [6, 6.07) is 15.2. The third kappa shape index (κ3) is 6.95. The number of benzene rings is 2. The second-order valence-corrected chi connectivity index (χ2v) is 9.54. The van der Waals surface area contributed by atoms with E-state index in [4.69, 9.17) is 11.6 Å². The maximum absolute atomic E-state index is 13.3. The van der Waals surface area contributed by atoms with Crippen molar-refractivity contribution in [1.29, 1.82) is 0 Å². The number of carboxylic acids is 1. The van der Waals surface area contributed by atoms with Crippen LogP contribution in [0.3, 0.4) is 0 Å². The lowest BCUT2D eigenvalue weighted by Crippen LogP contribution is -2.39. The number of carbonyl (C=O) groups excluding carboxylic acids is 1. The van der Waals surface area contributed by atoms with Crippen molar-refractivity contribution in [1.82, 2.24) is 4.90 Å². The zero-order chi connectivity index (χ0) is 24.0. The third-order valence-electron chi connectivity index (χ3n) is 6.31. The number of carboxylic acid groups (broad SMARTS) is 1. The molecule has 1 saturated carbocycles. The van der Waals surface area contributed by atoms with E-state index in [-0.39, 0.29) is 31.0 Å². The molecule has 2 aromatic rings. The molecule has 2 aromatic carbocycles. The van der Waals surface area contributed by atoms with E-state index in [1.54, 1.807) is 18.2 Å². The highest BCUT2D eigenvalue weighted by atomic mass is 35.5. The Morgan fingerprint density at radius 3 is 2.52 bits per heavy atom. The van der Waals surface area contributed by atoms with Crippen molar-refractivity contribution >= 4 is 29.2 Å². The molecule has 0 bridgehead atoms. The van der Waals surface area contributed by atoms with Gasteiger partial charge in [0, 0.05) is 23.2 Å². The first-order chi connectivity index (χ1) is 15.7. The number of anilines is 1. The van der Waals surface area contributed by atoms with Crippen LogP contribution in [0.4, 0.5) is 5.69 Å². The predicted molar refractivity (Wildman–Crippen MR) is 130 cm³/mol. The van der Waals surface area contributed by atoms with Crippen LogP contribution in [0.25, 0.3) is 0 Å². The van der Waals surface area contributed by atoms with Crippen molar-refractivity contribution in [2.45, 2.75) is 64.1 Å². The van der Waals surface area contributed by atoms with Crippen molar-refractivity contribution in [2.75, 3.05) is 11.9 Å². The second-order valence-electron chi connectivity index (χ2n) is 9.13. The van der Waals surface area contributed by atoms with Crippen molar-refractivity contribution in [3.05, 3.63) is 64.7 Å². The van der Waals surface area contributed by atoms with Gasteiger partial charge < -0.3 is 20.4 Å². The molecule has 0 aromatic heterocycles. The van der Waals surface area contributed by atoms with E-state index >= 15 is 0 Å². The van der Waals surface area contributed by atoms with Gasteiger partial charge in [-0.3, -0.25) is 9.59 Å². The van der Waals surface area contributed by atoms with Gasteiger partial charge in [-0.05, 0) is 60.9 Å². The van der Waals surface area contributed by atoms with Gasteiger partial charge in [-0.15, -0.1) is 0 Å². The average molecular weight is 473 g/mol. The number of rotatable bonds is 8. The van der Waals surface area contributed by atoms with Crippen molar-refractivity contribution in [3.63, 3.8) is 0 Å². The van der Waals surface area contributed by atoms with E-state index in [0.29, 0.717) is 42.2 Å². The minimum atomic E-state index is -1.06. The van der Waals surface area contributed by atoms with E-state index < -0.39 is 12.1 Å². The largest absolute Gasteiger partial charge is 0.480 e. The van der Waals surface area contributed by atoms with Gasteiger partial charge in [0.05, 0.1) is 12.1 Å². The molecule has 33 heavy (non-hydrogen) atoms. The van der Waals surface area contributed by atoms with Gasteiger partial charge in [-0.1, -0.05) is 55.8 Å². The summed E-state index contributed by atoms with van der Waals surface area (Å²) in [6.07, 6.45) is 1.61. The number of carbonyl (C=O) groups is 2. The molecule has 0 radical (unpaired) electrons. The monoisotopic (exact) mass is 472 g/mol. The topological polar surface area (TPSA) is 89.9 Å². The fraction of sp³-hybridized carbons (Fsp3) is 0.462. The number of nitrogens with zero attached hydrogens (tertiary/aromatic N) is 1. The van der Waals surface area contributed by atoms with Gasteiger partial charge in [-0.25, -0.2) is 0 Å². The summed E-state index contributed by atoms with van der Waals surface area (Å²) < 4.78 is 0. The van der Waals surface area contributed by atoms with Gasteiger partial charge in [0.15, 0.2) is 0 Å². The molecule has 1 amide bonds. The van der Waals surface area contributed by atoms with Crippen molar-refractivity contribution < 1.29 is 19.8 Å². The van der Waals surface area contributed by atoms with E-state index in [2.05, 4.69) is 31.3 Å². The molecule has 1 aliphatic carbocycles. The zero-order valence-corrected chi connectivity index (χ0v) is 20.0. The summed E-state index contributed by atoms with van der Waals surface area (Å²) in [5.74, 6) is -1.19. The number of halogens is 1. The van der Waals surface area contributed by atoms with Gasteiger partial charge >= 0.3 is 5.97 Å². The van der Waals surface area contributed by atoms with Gasteiger partial charge in [0.25, 0.3) is 0 Å². The molecule has 7 heteroatoms. The summed E-state index contributed by atoms with van der Waals surface area (Å²) >= 11 is 6.24. The van der Waals surface area contributed by atoms with Gasteiger partial charge in [-0.2, -0.15) is 0 Å². The first-order valence-corrected chi connectivity index (χ1v) is 11.9. The molecule has 0 heterocycles. The Hall–Kier alpha value is -2.57. The normalized spacial score (nSPS) is 20.8. The lowest BCUT2D eigenvalue weighted by atomic mass is 9.98. The maximum Gasteiger partial charge on any atom is 0.323 e. The lowest BCUT2D eigenvalue weighted by Gasteiger charge is -2.26. The van der Waals surface area contributed by atoms with Crippen LogP contribution < -0.4 is 5.32 Å². The summed E-state index contributed by atoms with van der Waals surface area (Å²) in [5, 5.41) is 24.1. The molecule has 178 valence electrons. The van der Waals surface area contributed by atoms with Gasteiger partial charge in [0.1, 0.15) is 6.54 Å². The van der Waals surface area contributed by atoms with Crippen LogP contribution in [0.1, 0.15) is 56.6 Å². The third-order valence-corrected chi connectivity index (χ3v) is 6.68. The highest BCUT2D eigenvalue weighted by Crippen LogP contribution is 2.29. The van der Waals surface area contributed by atoms with E-state index in [1.807, 2.05) is 18.2 Å². The molecule has 6 nitrogen and oxygen atoms in total. The molecule has 3 rings (SSSR count). The van der Waals surface area contributed by atoms with Crippen LogP contribution >= 0.6 is 11.6 Å². The van der Waals surface area contributed by atoms with E-state index in [0.717, 1.165) is 5.69 Å². The Morgan fingerprint density at radius 1 is 1.09 bits per heavy atom. The van der Waals surface area contributed by atoms with Crippen LogP contribution in [0.5, 0.6) is 0 Å². The molecule has 0 spiro atoms. The van der Waals surface area contributed by atoms with Crippen LogP contribution in [0.15, 0.2) is 48.5 Å². The Labute approximate surface area is 200 Å². The smallest absolute Gasteiger partial charge is 0.323 e. The van der Waals surface area contributed by atoms with Crippen molar-refractivity contribution in [3.8, 4) is 0 Å². The lowest BCUT2D eigenvalue weighted by molar-refractivity contribution is -0.147. The molecule has 3 N–H and O–H groups in total. The van der Waals surface area contributed by atoms with E-state index in [9.17, 15) is 19.8 Å². The average Bonchev–Trinajstić information content (AvgIpc) is 2.96. The van der Waals surface area contributed by atoms with Gasteiger partial charge in [0.2, 0.25) is 5.91 Å². The Morgan fingerprint density at radius 2 is 1.82 bits per heavy atom. The number of nitrogens with one attached hydrogen (secondary N) is 1. The summed E-state index contributed by atoms with van der Waals surface area (Å²) in [5.41, 5.74) is 2.90. The van der Waals surface area contributed by atoms with Crippen molar-refractivity contribution in [2.24, 2.45) is 5.92 Å². The molecule has 0 unspecified atom stereocenters. The Kier molecular flexibility index (Phi) is 8.75. The van der Waals surface area contributed by atoms with Crippen LogP contribution in [-0.4, -0.2) is 45.7 Å². The standard InChI is InChI=1S/C26H33ClN2O4/c1-17(2)19-7-5-8-21(14-19)28-23-12-10-18(11-13-24(23)30)26(33)29(16-25(31)32)15-20-6-3-4-9-22(20)27/h3-9,14,17-18,23-24,28,30H,10-13,15-16H2,1-2H3,(H,31,32)/t18-,23+,24+/m1/s1. The fourth-order valence-electron chi connectivity index (χ4n) is 4.37. The number of aliphatic carboxylic acids is 1. The Bertz CT molecular complexity index is 965. The highest BCUT2D eigenvalue weighted by Gasteiger charge is 2.32. The highest BCUT2D eigenvalue weighted by molar-refractivity contribution is 6.31. The number of amides is 1. The predicted octanol–water partition coefficient (Wildman–Crippen LogP) is 4.91. The molecular formula is C26H33ClN2O4. The number of aliphatic hydroxyl groups is 1. The minimum Gasteiger partial charge on any atom is -0.480 e. The molecule has 0 aliphatic heterocycles. The first-order valence-electron chi connectivity index (χ1n) is 11.5. The number of aliphatic hydroxyl groups excluding tert-OH is 1. The second kappa shape index (κ2) is 11.5. The quantitative estimate of drug-likeness (QED) is 0.475. The van der Waals surface area contributed by atoms with Crippen LogP contribution in [-0.2, 0) is 16.1 Å². The van der Waals surface area contributed by atoms with Crippen LogP contribution in [0, 0.1) is 5.92 Å². The van der Waals surface area contributed by atoms with E-state index in [1.165, 1.54) is 10.5 Å². The molecule has 0 saturated heterocycles. The first kappa shape index (κ1) is 25.1. The Balaban J connectivity index is 1.69. The van der Waals surface area contributed by atoms with Crippen LogP contribution in [0.2, 0.25) is 5.02 Å². The maximum atomic E-state index is 13.3. The SMILES string of the molecule is CC(C)c1cccc(N[C@H]2CC[C@@H](C(=O)N(CC(=O)O)Cc3ccccc3Cl)CC[C@@H]2O)c1. The number of hydrogen-bond acceptors (Lipinski definition) is 4. The minimum absolute atomic E-state index is 0.146. The molecule has 3 atom stereocenters. The summed E-state index contributed by atoms with van der Waals surface area (Å²) in [4.78, 5) is 26.1. The number of hydrogen-bond donors (Lipinski definition) is 3. The zero-order valence-electron chi connectivity index (χ0n) is 19.2. The molecule has 1 fully saturated rings. The summed E-state index contributed by atoms with van der Waals surface area (Å²) in [7, 11) is 0.